The molecule has 0 aliphatic rings. The molecule has 0 saturated heterocycles. The summed E-state index contributed by atoms with van der Waals surface area (Å²) in [6.07, 6.45) is 0. The number of nitrogens with zero attached hydrogens (tertiary/aromatic N) is 2. The monoisotopic (exact) mass is 564 g/mol. The largest absolute Gasteiger partial charge is 0.310 e. The van der Waals surface area contributed by atoms with Crippen LogP contribution in [0.25, 0.3) is 32.3 Å². The Labute approximate surface area is 258 Å². The average molecular weight is 565 g/mol. The van der Waals surface area contributed by atoms with Gasteiger partial charge in [-0.1, -0.05) is 109 Å². The van der Waals surface area contributed by atoms with Gasteiger partial charge in [-0.15, -0.1) is 0 Å². The Balaban J connectivity index is 1.45. The molecule has 0 aromatic heterocycles. The van der Waals surface area contributed by atoms with E-state index >= 15 is 0 Å². The molecule has 8 aromatic rings. The Morgan fingerprint density at radius 1 is 0.341 bits per heavy atom. The Kier molecular flexibility index (Phi) is 6.27. The quantitative estimate of drug-likeness (QED) is 0.185. The van der Waals surface area contributed by atoms with Gasteiger partial charge in [0.15, 0.2) is 0 Å². The second-order valence-corrected chi connectivity index (χ2v) is 11.5. The molecule has 0 spiro atoms. The van der Waals surface area contributed by atoms with Crippen molar-refractivity contribution in [3.63, 3.8) is 0 Å². The Bertz CT molecular complexity index is 2250. The Morgan fingerprint density at radius 2 is 0.841 bits per heavy atom. The van der Waals surface area contributed by atoms with Crippen molar-refractivity contribution in [3.8, 4) is 0 Å². The number of anilines is 6. The lowest BCUT2D eigenvalue weighted by Crippen LogP contribution is -2.13. The lowest BCUT2D eigenvalue weighted by molar-refractivity contribution is 1.26. The molecule has 44 heavy (non-hydrogen) atoms. The van der Waals surface area contributed by atoms with E-state index in [0.717, 1.165) is 11.4 Å². The van der Waals surface area contributed by atoms with Crippen LogP contribution in [-0.4, -0.2) is 0 Å². The highest BCUT2D eigenvalue weighted by molar-refractivity contribution is 6.29. The van der Waals surface area contributed by atoms with Crippen LogP contribution in [0, 0.1) is 13.8 Å². The molecule has 0 fully saturated rings. The van der Waals surface area contributed by atoms with Crippen LogP contribution in [0.2, 0.25) is 0 Å². The van der Waals surface area contributed by atoms with Crippen molar-refractivity contribution in [1.29, 1.82) is 0 Å². The predicted octanol–water partition coefficient (Wildman–Crippen LogP) is 12.1. The van der Waals surface area contributed by atoms with E-state index in [-0.39, 0.29) is 0 Å². The van der Waals surface area contributed by atoms with Crippen molar-refractivity contribution in [2.45, 2.75) is 13.8 Å². The third kappa shape index (κ3) is 4.19. The van der Waals surface area contributed by atoms with E-state index in [1.807, 2.05) is 0 Å². The lowest BCUT2D eigenvalue weighted by Gasteiger charge is -2.31. The van der Waals surface area contributed by atoms with Gasteiger partial charge in [-0.05, 0) is 95.1 Å². The molecule has 0 aliphatic carbocycles. The summed E-state index contributed by atoms with van der Waals surface area (Å²) in [6.45, 7) is 4.39. The zero-order valence-corrected chi connectivity index (χ0v) is 24.9. The zero-order chi connectivity index (χ0) is 29.6. The van der Waals surface area contributed by atoms with Gasteiger partial charge in [0.25, 0.3) is 0 Å². The van der Waals surface area contributed by atoms with Gasteiger partial charge in [0.05, 0.1) is 11.4 Å². The summed E-state index contributed by atoms with van der Waals surface area (Å²) in [7, 11) is 0. The van der Waals surface area contributed by atoms with Crippen LogP contribution in [0.15, 0.2) is 158 Å². The van der Waals surface area contributed by atoms with Crippen LogP contribution in [0.4, 0.5) is 34.1 Å². The fourth-order valence-electron chi connectivity index (χ4n) is 6.77. The van der Waals surface area contributed by atoms with Gasteiger partial charge in [0.2, 0.25) is 0 Å². The average Bonchev–Trinajstić information content (AvgIpc) is 3.07. The number of hydrogen-bond acceptors (Lipinski definition) is 2. The second-order valence-electron chi connectivity index (χ2n) is 11.5. The van der Waals surface area contributed by atoms with Crippen molar-refractivity contribution in [2.75, 3.05) is 9.80 Å². The van der Waals surface area contributed by atoms with Crippen LogP contribution < -0.4 is 9.80 Å². The molecule has 8 rings (SSSR count). The van der Waals surface area contributed by atoms with Crippen LogP contribution in [0.5, 0.6) is 0 Å². The number of hydrogen-bond donors (Lipinski definition) is 0. The van der Waals surface area contributed by atoms with Crippen LogP contribution >= 0.6 is 0 Å². The van der Waals surface area contributed by atoms with Crippen LogP contribution in [0.3, 0.4) is 0 Å². The van der Waals surface area contributed by atoms with Gasteiger partial charge in [-0.3, -0.25) is 0 Å². The van der Waals surface area contributed by atoms with Gasteiger partial charge in [0, 0.05) is 33.5 Å². The van der Waals surface area contributed by atoms with Gasteiger partial charge < -0.3 is 9.80 Å². The molecule has 0 heterocycles. The molecule has 0 unspecified atom stereocenters. The summed E-state index contributed by atoms with van der Waals surface area (Å²) in [5.74, 6) is 0. The fourth-order valence-corrected chi connectivity index (χ4v) is 6.77. The van der Waals surface area contributed by atoms with E-state index in [1.165, 1.54) is 66.2 Å². The SMILES string of the molecule is Cc1ccccc1N(c1ccccc1)c1cc2ccc(N(c3ccccc3)c3ccccc3C)c3ccc4cccc1c4c23. The topological polar surface area (TPSA) is 6.48 Å². The first-order chi connectivity index (χ1) is 21.7. The second kappa shape index (κ2) is 10.6. The van der Waals surface area contributed by atoms with Crippen molar-refractivity contribution in [2.24, 2.45) is 0 Å². The molecule has 0 aliphatic heterocycles. The standard InChI is InChI=1S/C42H32N2/c1-29-14-9-11-22-37(29)43(33-17-5-3-6-18-33)39-27-25-32-28-40(35-21-13-16-31-24-26-36(39)42(32)41(31)35)44(34-19-7-4-8-20-34)38-23-12-10-15-30(38)2/h3-28H,1-2H3. The van der Waals surface area contributed by atoms with Gasteiger partial charge in [-0.25, -0.2) is 0 Å². The number of aryl methyl sites for hydroxylation is 2. The van der Waals surface area contributed by atoms with Crippen LogP contribution in [-0.2, 0) is 0 Å². The van der Waals surface area contributed by atoms with Gasteiger partial charge in [0.1, 0.15) is 0 Å². The number of para-hydroxylation sites is 4. The first kappa shape index (κ1) is 26.1. The van der Waals surface area contributed by atoms with E-state index in [9.17, 15) is 0 Å². The third-order valence-electron chi connectivity index (χ3n) is 8.82. The third-order valence-corrected chi connectivity index (χ3v) is 8.82. The minimum atomic E-state index is 1.15. The van der Waals surface area contributed by atoms with Crippen molar-refractivity contribution >= 4 is 66.4 Å². The van der Waals surface area contributed by atoms with E-state index < -0.39 is 0 Å². The maximum absolute atomic E-state index is 2.42. The van der Waals surface area contributed by atoms with Crippen LogP contribution in [0.1, 0.15) is 11.1 Å². The van der Waals surface area contributed by atoms with Crippen molar-refractivity contribution < 1.29 is 0 Å². The summed E-state index contributed by atoms with van der Waals surface area (Å²) in [4.78, 5) is 4.83. The molecule has 0 saturated carbocycles. The lowest BCUT2D eigenvalue weighted by atomic mass is 9.91. The van der Waals surface area contributed by atoms with Gasteiger partial charge >= 0.3 is 0 Å². The Hall–Kier alpha value is -5.60. The van der Waals surface area contributed by atoms with Crippen molar-refractivity contribution in [3.05, 3.63) is 169 Å². The molecule has 8 aromatic carbocycles. The summed E-state index contributed by atoms with van der Waals surface area (Å²) in [5, 5.41) is 7.56. The molecule has 0 N–H and O–H groups in total. The predicted molar refractivity (Wildman–Crippen MR) is 189 cm³/mol. The first-order valence-corrected chi connectivity index (χ1v) is 15.2. The first-order valence-electron chi connectivity index (χ1n) is 15.2. The van der Waals surface area contributed by atoms with E-state index in [2.05, 4.69) is 181 Å². The molecule has 0 radical (unpaired) electrons. The highest BCUT2D eigenvalue weighted by atomic mass is 15.2. The smallest absolute Gasteiger partial charge is 0.0546 e. The molecule has 0 bridgehead atoms. The zero-order valence-electron chi connectivity index (χ0n) is 24.9. The van der Waals surface area contributed by atoms with E-state index in [4.69, 9.17) is 0 Å². The molecule has 0 atom stereocenters. The summed E-state index contributed by atoms with van der Waals surface area (Å²) in [5.41, 5.74) is 9.49. The molecular formula is C42H32N2. The summed E-state index contributed by atoms with van der Waals surface area (Å²) in [6, 6.07) is 57.1. The number of benzene rings is 8. The summed E-state index contributed by atoms with van der Waals surface area (Å²) < 4.78 is 0. The summed E-state index contributed by atoms with van der Waals surface area (Å²) >= 11 is 0. The van der Waals surface area contributed by atoms with E-state index in [0.29, 0.717) is 0 Å². The normalized spacial score (nSPS) is 11.4. The minimum Gasteiger partial charge on any atom is -0.310 e. The van der Waals surface area contributed by atoms with Gasteiger partial charge in [-0.2, -0.15) is 0 Å². The molecule has 2 heteroatoms. The number of rotatable bonds is 6. The molecule has 210 valence electrons. The maximum Gasteiger partial charge on any atom is 0.0546 e. The maximum atomic E-state index is 2.42. The fraction of sp³-hybridized carbons (Fsp3) is 0.0476. The molecule has 2 nitrogen and oxygen atoms in total. The minimum absolute atomic E-state index is 1.15. The van der Waals surface area contributed by atoms with Crippen molar-refractivity contribution in [1.82, 2.24) is 0 Å². The van der Waals surface area contributed by atoms with E-state index in [1.54, 1.807) is 0 Å². The molecule has 0 amide bonds. The molecular weight excluding hydrogens is 532 g/mol. The highest BCUT2D eigenvalue weighted by Gasteiger charge is 2.23. The Morgan fingerprint density at radius 3 is 1.45 bits per heavy atom. The highest BCUT2D eigenvalue weighted by Crippen LogP contribution is 2.48.